The first kappa shape index (κ1) is 18.3. The van der Waals surface area contributed by atoms with Gasteiger partial charge in [-0.05, 0) is 39.9 Å². The second-order valence-electron chi connectivity index (χ2n) is 6.10. The molecule has 2 heterocycles. The van der Waals surface area contributed by atoms with E-state index in [0.29, 0.717) is 31.7 Å². The Morgan fingerprint density at radius 1 is 1.42 bits per heavy atom. The van der Waals surface area contributed by atoms with Crippen LogP contribution in [-0.2, 0) is 4.74 Å². The van der Waals surface area contributed by atoms with Gasteiger partial charge in [-0.15, -0.1) is 0 Å². The number of carbonyl (C=O) groups is 1. The molecule has 8 nitrogen and oxygen atoms in total. The van der Waals surface area contributed by atoms with Crippen LogP contribution in [0.4, 0.5) is 16.6 Å². The number of ether oxygens (including phenoxy) is 1. The number of carbonyl (C=O) groups excluding carboxylic acids is 1. The van der Waals surface area contributed by atoms with Crippen LogP contribution in [0.2, 0.25) is 0 Å². The molecule has 0 unspecified atom stereocenters. The molecule has 0 spiro atoms. The number of hydrogen-bond donors (Lipinski definition) is 2. The van der Waals surface area contributed by atoms with E-state index in [4.69, 9.17) is 4.74 Å². The quantitative estimate of drug-likeness (QED) is 0.780. The third-order valence-electron chi connectivity index (χ3n) is 3.87. The fraction of sp³-hybridized carbons (Fsp3) is 0.688. The fourth-order valence-corrected chi connectivity index (χ4v) is 2.55. The van der Waals surface area contributed by atoms with Crippen LogP contribution in [0.15, 0.2) is 12.3 Å². The van der Waals surface area contributed by atoms with Crippen molar-refractivity contribution in [3.8, 4) is 0 Å². The number of nitrogens with zero attached hydrogens (tertiary/aromatic N) is 4. The first-order valence-electron chi connectivity index (χ1n) is 8.48. The van der Waals surface area contributed by atoms with Crippen molar-refractivity contribution in [1.82, 2.24) is 19.8 Å². The zero-order valence-electron chi connectivity index (χ0n) is 14.8. The van der Waals surface area contributed by atoms with Crippen molar-refractivity contribution in [3.05, 3.63) is 12.3 Å². The molecule has 2 rings (SSSR count). The summed E-state index contributed by atoms with van der Waals surface area (Å²) >= 11 is 0. The summed E-state index contributed by atoms with van der Waals surface area (Å²) in [7, 11) is 4.06. The van der Waals surface area contributed by atoms with E-state index in [1.807, 2.05) is 27.1 Å². The predicted octanol–water partition coefficient (Wildman–Crippen LogP) is 1.48. The Balaban J connectivity index is 1.79. The molecule has 1 fully saturated rings. The Labute approximate surface area is 143 Å². The summed E-state index contributed by atoms with van der Waals surface area (Å²) in [5.41, 5.74) is 0. The molecule has 0 radical (unpaired) electrons. The molecule has 0 aromatic carbocycles. The van der Waals surface area contributed by atoms with Crippen molar-refractivity contribution in [2.75, 3.05) is 57.5 Å². The number of rotatable bonds is 7. The van der Waals surface area contributed by atoms with Gasteiger partial charge in [-0.2, -0.15) is 4.98 Å². The number of aromatic nitrogens is 2. The molecule has 24 heavy (non-hydrogen) atoms. The zero-order valence-corrected chi connectivity index (χ0v) is 14.8. The van der Waals surface area contributed by atoms with Crippen LogP contribution >= 0.6 is 0 Å². The van der Waals surface area contributed by atoms with Crippen molar-refractivity contribution >= 4 is 17.9 Å². The van der Waals surface area contributed by atoms with E-state index in [1.54, 1.807) is 11.1 Å². The normalized spacial score (nSPS) is 15.4. The lowest BCUT2D eigenvalue weighted by Gasteiger charge is -2.31. The molecule has 8 heteroatoms. The number of hydrogen-bond acceptors (Lipinski definition) is 7. The smallest absolute Gasteiger partial charge is 0.409 e. The maximum atomic E-state index is 11.7. The van der Waals surface area contributed by atoms with Crippen molar-refractivity contribution in [2.45, 2.75) is 25.8 Å². The maximum absolute atomic E-state index is 11.7. The lowest BCUT2D eigenvalue weighted by molar-refractivity contribution is 0.0983. The highest BCUT2D eigenvalue weighted by atomic mass is 16.6. The Morgan fingerprint density at radius 2 is 2.17 bits per heavy atom. The van der Waals surface area contributed by atoms with Gasteiger partial charge in [0.25, 0.3) is 0 Å². The molecule has 0 saturated carbocycles. The highest BCUT2D eigenvalue weighted by Crippen LogP contribution is 2.16. The molecular weight excluding hydrogens is 308 g/mol. The van der Waals surface area contributed by atoms with Gasteiger partial charge in [0, 0.05) is 38.4 Å². The summed E-state index contributed by atoms with van der Waals surface area (Å²) in [6, 6.07) is 2.18. The van der Waals surface area contributed by atoms with Gasteiger partial charge in [0.05, 0.1) is 6.61 Å². The van der Waals surface area contributed by atoms with Gasteiger partial charge in [-0.1, -0.05) is 0 Å². The molecule has 1 aliphatic rings. The third-order valence-corrected chi connectivity index (χ3v) is 3.87. The van der Waals surface area contributed by atoms with Crippen molar-refractivity contribution < 1.29 is 9.53 Å². The monoisotopic (exact) mass is 336 g/mol. The number of anilines is 2. The minimum Gasteiger partial charge on any atom is -0.450 e. The van der Waals surface area contributed by atoms with Crippen LogP contribution < -0.4 is 10.6 Å². The second kappa shape index (κ2) is 9.27. The van der Waals surface area contributed by atoms with Crippen LogP contribution in [-0.4, -0.2) is 78.8 Å². The Morgan fingerprint density at radius 3 is 2.83 bits per heavy atom. The first-order valence-corrected chi connectivity index (χ1v) is 8.48. The molecule has 1 amide bonds. The first-order chi connectivity index (χ1) is 11.6. The molecule has 1 aliphatic heterocycles. The van der Waals surface area contributed by atoms with E-state index in [2.05, 4.69) is 25.5 Å². The molecule has 1 aromatic heterocycles. The van der Waals surface area contributed by atoms with Gasteiger partial charge in [0.2, 0.25) is 5.95 Å². The lowest BCUT2D eigenvalue weighted by atomic mass is 10.1. The van der Waals surface area contributed by atoms with Gasteiger partial charge < -0.3 is 25.2 Å². The minimum atomic E-state index is -0.217. The molecule has 2 N–H and O–H groups in total. The SMILES string of the molecule is CCOC(=O)N1CCC(Nc2ccnc(NCCN(C)C)n2)CC1. The molecule has 0 bridgehead atoms. The zero-order chi connectivity index (χ0) is 17.4. The molecular formula is C16H28N6O2. The number of amides is 1. The van der Waals surface area contributed by atoms with Crippen LogP contribution in [0.25, 0.3) is 0 Å². The topological polar surface area (TPSA) is 82.6 Å². The van der Waals surface area contributed by atoms with Crippen molar-refractivity contribution in [2.24, 2.45) is 0 Å². The van der Waals surface area contributed by atoms with Gasteiger partial charge in [-0.25, -0.2) is 9.78 Å². The van der Waals surface area contributed by atoms with E-state index in [-0.39, 0.29) is 6.09 Å². The van der Waals surface area contributed by atoms with E-state index < -0.39 is 0 Å². The van der Waals surface area contributed by atoms with Crippen LogP contribution in [0.3, 0.4) is 0 Å². The number of likely N-dealkylation sites (N-methyl/N-ethyl adjacent to an activating group) is 1. The van der Waals surface area contributed by atoms with Crippen molar-refractivity contribution in [1.29, 1.82) is 0 Å². The van der Waals surface area contributed by atoms with E-state index >= 15 is 0 Å². The standard InChI is InChI=1S/C16H28N6O2/c1-4-24-16(23)22-10-6-13(7-11-22)19-14-5-8-17-15(20-14)18-9-12-21(2)3/h5,8,13H,4,6-7,9-12H2,1-3H3,(H2,17,18,19,20). The highest BCUT2D eigenvalue weighted by Gasteiger charge is 2.23. The summed E-state index contributed by atoms with van der Waals surface area (Å²) in [5.74, 6) is 1.44. The molecule has 1 aromatic rings. The fourth-order valence-electron chi connectivity index (χ4n) is 2.55. The lowest BCUT2D eigenvalue weighted by Crippen LogP contribution is -2.42. The minimum absolute atomic E-state index is 0.217. The Bertz CT molecular complexity index is 517. The van der Waals surface area contributed by atoms with Gasteiger partial charge in [0.1, 0.15) is 5.82 Å². The van der Waals surface area contributed by atoms with Crippen LogP contribution in [0.1, 0.15) is 19.8 Å². The molecule has 0 aliphatic carbocycles. The van der Waals surface area contributed by atoms with Gasteiger partial charge >= 0.3 is 6.09 Å². The highest BCUT2D eigenvalue weighted by molar-refractivity contribution is 5.67. The Kier molecular flexibility index (Phi) is 7.05. The average molecular weight is 336 g/mol. The summed E-state index contributed by atoms with van der Waals surface area (Å²) in [6.45, 7) is 5.37. The summed E-state index contributed by atoms with van der Waals surface area (Å²) in [5, 5.41) is 6.65. The third kappa shape index (κ3) is 5.84. The summed E-state index contributed by atoms with van der Waals surface area (Å²) in [4.78, 5) is 24.3. The van der Waals surface area contributed by atoms with Gasteiger partial charge in [-0.3, -0.25) is 0 Å². The van der Waals surface area contributed by atoms with E-state index in [1.165, 1.54) is 0 Å². The molecule has 1 saturated heterocycles. The summed E-state index contributed by atoms with van der Waals surface area (Å²) < 4.78 is 5.04. The molecule has 134 valence electrons. The molecule has 0 atom stereocenters. The number of nitrogens with one attached hydrogen (secondary N) is 2. The number of piperidine rings is 1. The Hall–Kier alpha value is -2.09. The average Bonchev–Trinajstić information content (AvgIpc) is 2.56. The second-order valence-corrected chi connectivity index (χ2v) is 6.10. The number of likely N-dealkylation sites (tertiary alicyclic amines) is 1. The van der Waals surface area contributed by atoms with Crippen LogP contribution in [0.5, 0.6) is 0 Å². The predicted molar refractivity (Wildman–Crippen MR) is 94.3 cm³/mol. The van der Waals surface area contributed by atoms with E-state index in [9.17, 15) is 4.79 Å². The summed E-state index contributed by atoms with van der Waals surface area (Å²) in [6.07, 6.45) is 3.30. The maximum Gasteiger partial charge on any atom is 0.409 e. The van der Waals surface area contributed by atoms with Gasteiger partial charge in [0.15, 0.2) is 0 Å². The largest absolute Gasteiger partial charge is 0.450 e. The van der Waals surface area contributed by atoms with E-state index in [0.717, 1.165) is 31.7 Å². The van der Waals surface area contributed by atoms with Crippen molar-refractivity contribution in [3.63, 3.8) is 0 Å². The van der Waals surface area contributed by atoms with Crippen LogP contribution in [0, 0.1) is 0 Å².